The average molecular weight is 367 g/mol. The topological polar surface area (TPSA) is 64.0 Å². The van der Waals surface area contributed by atoms with Gasteiger partial charge in [0.05, 0.1) is 24.3 Å². The molecular weight excluding hydrogens is 346 g/mol. The van der Waals surface area contributed by atoms with Crippen LogP contribution in [0.2, 0.25) is 0 Å². The molecule has 0 spiro atoms. The quantitative estimate of drug-likeness (QED) is 0.693. The fourth-order valence-corrected chi connectivity index (χ4v) is 5.16. The van der Waals surface area contributed by atoms with Crippen LogP contribution in [0.1, 0.15) is 30.2 Å². The Morgan fingerprint density at radius 1 is 1.19 bits per heavy atom. The molecule has 2 aliphatic rings. The van der Waals surface area contributed by atoms with Gasteiger partial charge in [-0.25, -0.2) is 15.0 Å². The van der Waals surface area contributed by atoms with Crippen molar-refractivity contribution in [1.82, 2.24) is 19.9 Å². The Kier molecular flexibility index (Phi) is 4.05. The second kappa shape index (κ2) is 6.55. The van der Waals surface area contributed by atoms with Crippen LogP contribution < -0.4 is 4.90 Å². The van der Waals surface area contributed by atoms with Gasteiger partial charge >= 0.3 is 0 Å². The number of hydrogen-bond acceptors (Lipinski definition) is 7. The predicted octanol–water partition coefficient (Wildman–Crippen LogP) is 3.25. The second-order valence-corrected chi connectivity index (χ2v) is 8.06. The number of nitrogens with zero attached hydrogens (tertiary/aromatic N) is 5. The van der Waals surface area contributed by atoms with Gasteiger partial charge in [0.2, 0.25) is 0 Å². The second-order valence-electron chi connectivity index (χ2n) is 6.98. The Morgan fingerprint density at radius 2 is 2.12 bits per heavy atom. The van der Waals surface area contributed by atoms with E-state index in [0.29, 0.717) is 5.82 Å². The summed E-state index contributed by atoms with van der Waals surface area (Å²) >= 11 is 1.83. The van der Waals surface area contributed by atoms with Crippen LogP contribution in [-0.2, 0) is 17.6 Å². The summed E-state index contributed by atoms with van der Waals surface area (Å²) in [4.78, 5) is 23.4. The fraction of sp³-hybridized carbons (Fsp3) is 0.474. The van der Waals surface area contributed by atoms with E-state index in [4.69, 9.17) is 14.7 Å². The Bertz CT molecular complexity index is 942. The van der Waals surface area contributed by atoms with Crippen LogP contribution in [0.3, 0.4) is 0 Å². The summed E-state index contributed by atoms with van der Waals surface area (Å²) in [5.41, 5.74) is 2.19. The first-order chi connectivity index (χ1) is 12.8. The number of anilines is 1. The molecule has 1 atom stereocenters. The van der Waals surface area contributed by atoms with Crippen LogP contribution in [0.25, 0.3) is 21.7 Å². The molecule has 0 aromatic carbocycles. The average Bonchev–Trinajstić information content (AvgIpc) is 3.06. The van der Waals surface area contributed by atoms with Crippen molar-refractivity contribution < 1.29 is 4.74 Å². The molecule has 1 aliphatic heterocycles. The zero-order valence-electron chi connectivity index (χ0n) is 14.8. The molecule has 4 heterocycles. The lowest BCUT2D eigenvalue weighted by atomic mass is 9.97. The van der Waals surface area contributed by atoms with E-state index in [2.05, 4.69) is 21.8 Å². The van der Waals surface area contributed by atoms with Gasteiger partial charge in [-0.2, -0.15) is 0 Å². The van der Waals surface area contributed by atoms with Crippen molar-refractivity contribution in [2.75, 3.05) is 24.6 Å². The van der Waals surface area contributed by atoms with Crippen LogP contribution in [-0.4, -0.2) is 45.7 Å². The van der Waals surface area contributed by atoms with Crippen LogP contribution >= 0.6 is 11.3 Å². The third-order valence-electron chi connectivity index (χ3n) is 5.13. The van der Waals surface area contributed by atoms with Gasteiger partial charge in [0.15, 0.2) is 5.82 Å². The Morgan fingerprint density at radius 3 is 2.96 bits per heavy atom. The first-order valence-electron chi connectivity index (χ1n) is 9.25. The van der Waals surface area contributed by atoms with E-state index >= 15 is 0 Å². The molecule has 6 nitrogen and oxygen atoms in total. The number of aromatic nitrogens is 4. The normalized spacial score (nSPS) is 20.3. The minimum absolute atomic E-state index is 0.211. The molecule has 0 bridgehead atoms. The SMILES string of the molecule is CC1CN(c2nc(-c3cnccn3)nc3sc4c(c23)CCCC4)CCO1. The van der Waals surface area contributed by atoms with E-state index < -0.39 is 0 Å². The molecule has 0 saturated carbocycles. The first-order valence-corrected chi connectivity index (χ1v) is 10.1. The molecular formula is C19H21N5OS. The predicted molar refractivity (Wildman–Crippen MR) is 103 cm³/mol. The minimum atomic E-state index is 0.211. The third kappa shape index (κ3) is 2.75. The molecule has 3 aromatic heterocycles. The molecule has 5 rings (SSSR count). The minimum Gasteiger partial charge on any atom is -0.375 e. The lowest BCUT2D eigenvalue weighted by Gasteiger charge is -2.32. The van der Waals surface area contributed by atoms with Crippen molar-refractivity contribution in [1.29, 1.82) is 0 Å². The van der Waals surface area contributed by atoms with E-state index in [1.165, 1.54) is 28.7 Å². The summed E-state index contributed by atoms with van der Waals surface area (Å²) in [5.74, 6) is 1.71. The van der Waals surface area contributed by atoms with Gasteiger partial charge in [0.25, 0.3) is 0 Å². The van der Waals surface area contributed by atoms with E-state index in [1.807, 2.05) is 11.3 Å². The van der Waals surface area contributed by atoms with Gasteiger partial charge in [-0.1, -0.05) is 0 Å². The lowest BCUT2D eigenvalue weighted by molar-refractivity contribution is 0.0530. The molecule has 7 heteroatoms. The number of hydrogen-bond donors (Lipinski definition) is 0. The summed E-state index contributed by atoms with van der Waals surface area (Å²) in [7, 11) is 0. The van der Waals surface area contributed by atoms with Gasteiger partial charge < -0.3 is 9.64 Å². The zero-order valence-corrected chi connectivity index (χ0v) is 15.6. The van der Waals surface area contributed by atoms with E-state index in [1.54, 1.807) is 18.6 Å². The highest BCUT2D eigenvalue weighted by atomic mass is 32.1. The Hall–Kier alpha value is -2.12. The van der Waals surface area contributed by atoms with Crippen molar-refractivity contribution in [3.8, 4) is 11.5 Å². The van der Waals surface area contributed by atoms with Crippen molar-refractivity contribution >= 4 is 27.4 Å². The zero-order chi connectivity index (χ0) is 17.5. The van der Waals surface area contributed by atoms with Gasteiger partial charge in [-0.05, 0) is 38.2 Å². The van der Waals surface area contributed by atoms with Crippen molar-refractivity contribution in [2.45, 2.75) is 38.7 Å². The molecule has 1 fully saturated rings. The molecule has 0 N–H and O–H groups in total. The van der Waals surface area contributed by atoms with Gasteiger partial charge in [0.1, 0.15) is 16.3 Å². The molecule has 26 heavy (non-hydrogen) atoms. The summed E-state index contributed by atoms with van der Waals surface area (Å²) in [5, 5.41) is 1.26. The summed E-state index contributed by atoms with van der Waals surface area (Å²) in [6, 6.07) is 0. The molecule has 1 unspecified atom stereocenters. The van der Waals surface area contributed by atoms with Gasteiger partial charge in [0, 0.05) is 30.4 Å². The van der Waals surface area contributed by atoms with E-state index in [-0.39, 0.29) is 6.10 Å². The summed E-state index contributed by atoms with van der Waals surface area (Å²) in [6.45, 7) is 4.58. The lowest BCUT2D eigenvalue weighted by Crippen LogP contribution is -2.41. The Labute approximate surface area is 156 Å². The maximum absolute atomic E-state index is 5.75. The van der Waals surface area contributed by atoms with Crippen LogP contribution in [0.4, 0.5) is 5.82 Å². The summed E-state index contributed by atoms with van der Waals surface area (Å²) < 4.78 is 5.75. The van der Waals surface area contributed by atoms with Crippen LogP contribution in [0, 0.1) is 0 Å². The largest absolute Gasteiger partial charge is 0.375 e. The molecule has 0 radical (unpaired) electrons. The van der Waals surface area contributed by atoms with Crippen molar-refractivity contribution in [3.63, 3.8) is 0 Å². The van der Waals surface area contributed by atoms with Crippen LogP contribution in [0.5, 0.6) is 0 Å². The first kappa shape index (κ1) is 16.1. The van der Waals surface area contributed by atoms with E-state index in [0.717, 1.165) is 48.9 Å². The maximum Gasteiger partial charge on any atom is 0.183 e. The number of morpholine rings is 1. The van der Waals surface area contributed by atoms with E-state index in [9.17, 15) is 0 Å². The fourth-order valence-electron chi connectivity index (χ4n) is 3.91. The monoisotopic (exact) mass is 367 g/mol. The third-order valence-corrected chi connectivity index (χ3v) is 6.31. The van der Waals surface area contributed by atoms with Crippen LogP contribution in [0.15, 0.2) is 18.6 Å². The number of ether oxygens (including phenoxy) is 1. The molecule has 134 valence electrons. The smallest absolute Gasteiger partial charge is 0.183 e. The molecule has 3 aromatic rings. The number of thiophene rings is 1. The number of rotatable bonds is 2. The van der Waals surface area contributed by atoms with Gasteiger partial charge in [-0.15, -0.1) is 11.3 Å². The molecule has 1 saturated heterocycles. The Balaban J connectivity index is 1.72. The van der Waals surface area contributed by atoms with Gasteiger partial charge in [-0.3, -0.25) is 4.98 Å². The van der Waals surface area contributed by atoms with Crippen molar-refractivity contribution in [3.05, 3.63) is 29.0 Å². The highest BCUT2D eigenvalue weighted by Crippen LogP contribution is 2.40. The highest BCUT2D eigenvalue weighted by Gasteiger charge is 2.26. The summed E-state index contributed by atoms with van der Waals surface area (Å²) in [6.07, 6.45) is 10.1. The number of aryl methyl sites for hydroxylation is 2. The molecule has 0 amide bonds. The maximum atomic E-state index is 5.75. The highest BCUT2D eigenvalue weighted by molar-refractivity contribution is 7.19. The number of fused-ring (bicyclic) bond motifs is 3. The standard InChI is InChI=1S/C19H21N5OS/c1-12-11-24(8-9-25-12)18-16-13-4-2-3-5-15(13)26-19(16)23-17(22-18)14-10-20-6-7-21-14/h6-7,10,12H,2-5,8-9,11H2,1H3. The van der Waals surface area contributed by atoms with Crippen molar-refractivity contribution in [2.24, 2.45) is 0 Å². The molecule has 1 aliphatic carbocycles.